The van der Waals surface area contributed by atoms with Crippen molar-refractivity contribution in [2.45, 2.75) is 44.7 Å². The largest absolute Gasteiger partial charge is 0.251 e. The summed E-state index contributed by atoms with van der Waals surface area (Å²) in [6.45, 7) is 0.812. The van der Waals surface area contributed by atoms with E-state index in [4.69, 9.17) is 11.6 Å². The predicted molar refractivity (Wildman–Crippen MR) is 72.9 cm³/mol. The van der Waals surface area contributed by atoms with Gasteiger partial charge in [0.05, 0.1) is 0 Å². The summed E-state index contributed by atoms with van der Waals surface area (Å²) in [7, 11) is 2.15. The number of hydrogen-bond donors (Lipinski definition) is 1. The highest BCUT2D eigenvalue weighted by atomic mass is 35.5. The first-order chi connectivity index (χ1) is 8.27. The molecule has 0 atom stereocenters. The van der Waals surface area contributed by atoms with Crippen LogP contribution in [0.5, 0.6) is 0 Å². The maximum Gasteiger partial charge on any atom is 0.0451 e. The zero-order chi connectivity index (χ0) is 12.1. The molecule has 0 aromatic heterocycles. The molecule has 1 N–H and O–H groups in total. The van der Waals surface area contributed by atoms with Gasteiger partial charge in [-0.25, -0.2) is 5.01 Å². The molecule has 1 aliphatic rings. The van der Waals surface area contributed by atoms with Crippen molar-refractivity contribution in [1.82, 2.24) is 10.4 Å². The summed E-state index contributed by atoms with van der Waals surface area (Å²) in [5, 5.41) is 3.11. The van der Waals surface area contributed by atoms with Crippen molar-refractivity contribution in [3.05, 3.63) is 34.9 Å². The van der Waals surface area contributed by atoms with E-state index < -0.39 is 0 Å². The standard InChI is InChI=1S/C14H21ClN2/c1-17(13-8-3-2-4-9-13)16-11-12-7-5-6-10-14(12)15/h5-7,10,13,16H,2-4,8-9,11H2,1H3. The van der Waals surface area contributed by atoms with Gasteiger partial charge >= 0.3 is 0 Å². The number of halogens is 1. The lowest BCUT2D eigenvalue weighted by atomic mass is 9.95. The molecule has 0 bridgehead atoms. The minimum absolute atomic E-state index is 0.686. The van der Waals surface area contributed by atoms with Gasteiger partial charge in [0.15, 0.2) is 0 Å². The number of nitrogens with zero attached hydrogens (tertiary/aromatic N) is 1. The molecule has 1 aromatic rings. The molecule has 94 valence electrons. The van der Waals surface area contributed by atoms with Gasteiger partial charge in [0.2, 0.25) is 0 Å². The maximum absolute atomic E-state index is 6.13. The van der Waals surface area contributed by atoms with E-state index in [1.54, 1.807) is 0 Å². The quantitative estimate of drug-likeness (QED) is 0.824. The molecule has 1 aromatic carbocycles. The van der Waals surface area contributed by atoms with Gasteiger partial charge in [-0.05, 0) is 24.5 Å². The van der Waals surface area contributed by atoms with Crippen molar-refractivity contribution in [3.63, 3.8) is 0 Å². The van der Waals surface area contributed by atoms with E-state index in [1.165, 1.54) is 32.1 Å². The first kappa shape index (κ1) is 12.9. The molecule has 3 heteroatoms. The zero-order valence-corrected chi connectivity index (χ0v) is 11.2. The number of hydrogen-bond acceptors (Lipinski definition) is 2. The summed E-state index contributed by atoms with van der Waals surface area (Å²) in [5.41, 5.74) is 4.62. The molecule has 0 heterocycles. The molecular formula is C14H21ClN2. The van der Waals surface area contributed by atoms with Gasteiger partial charge in [-0.1, -0.05) is 49.1 Å². The molecule has 17 heavy (non-hydrogen) atoms. The summed E-state index contributed by atoms with van der Waals surface area (Å²) in [6, 6.07) is 8.70. The molecule has 0 radical (unpaired) electrons. The van der Waals surface area contributed by atoms with Gasteiger partial charge in [-0.2, -0.15) is 0 Å². The number of benzene rings is 1. The van der Waals surface area contributed by atoms with E-state index in [1.807, 2.05) is 18.2 Å². The molecule has 1 aliphatic carbocycles. The lowest BCUT2D eigenvalue weighted by Gasteiger charge is -2.31. The van der Waals surface area contributed by atoms with Gasteiger partial charge in [-0.3, -0.25) is 5.43 Å². The van der Waals surface area contributed by atoms with Crippen LogP contribution in [0.2, 0.25) is 5.02 Å². The van der Waals surface area contributed by atoms with Crippen molar-refractivity contribution >= 4 is 11.6 Å². The molecule has 1 saturated carbocycles. The third kappa shape index (κ3) is 3.70. The second-order valence-corrected chi connectivity index (χ2v) is 5.24. The molecule has 0 amide bonds. The molecular weight excluding hydrogens is 232 g/mol. The van der Waals surface area contributed by atoms with Crippen LogP contribution in [-0.2, 0) is 6.54 Å². The van der Waals surface area contributed by atoms with Crippen LogP contribution in [0.3, 0.4) is 0 Å². The third-order valence-electron chi connectivity index (χ3n) is 3.60. The van der Waals surface area contributed by atoms with E-state index in [0.29, 0.717) is 6.04 Å². The molecule has 0 unspecified atom stereocenters. The molecule has 1 fully saturated rings. The fourth-order valence-corrected chi connectivity index (χ4v) is 2.65. The highest BCUT2D eigenvalue weighted by Gasteiger charge is 2.17. The molecule has 2 nitrogen and oxygen atoms in total. The van der Waals surface area contributed by atoms with Crippen LogP contribution in [0, 0.1) is 0 Å². The second-order valence-electron chi connectivity index (χ2n) is 4.83. The van der Waals surface area contributed by atoms with Gasteiger partial charge < -0.3 is 0 Å². The fraction of sp³-hybridized carbons (Fsp3) is 0.571. The van der Waals surface area contributed by atoms with E-state index in [-0.39, 0.29) is 0 Å². The van der Waals surface area contributed by atoms with E-state index in [9.17, 15) is 0 Å². The van der Waals surface area contributed by atoms with Gasteiger partial charge in [0.1, 0.15) is 0 Å². The maximum atomic E-state index is 6.13. The summed E-state index contributed by atoms with van der Waals surface area (Å²) in [6.07, 6.45) is 6.75. The minimum atomic E-state index is 0.686. The van der Waals surface area contributed by atoms with E-state index in [0.717, 1.165) is 17.1 Å². The topological polar surface area (TPSA) is 15.3 Å². The smallest absolute Gasteiger partial charge is 0.0451 e. The Balaban J connectivity index is 1.83. The SMILES string of the molecule is CN(NCc1ccccc1Cl)C1CCCCC1. The van der Waals surface area contributed by atoms with Crippen molar-refractivity contribution in [3.8, 4) is 0 Å². The Morgan fingerprint density at radius 2 is 1.94 bits per heavy atom. The summed E-state index contributed by atoms with van der Waals surface area (Å²) < 4.78 is 0. The van der Waals surface area contributed by atoms with Crippen molar-refractivity contribution in [1.29, 1.82) is 0 Å². The lowest BCUT2D eigenvalue weighted by Crippen LogP contribution is -2.43. The van der Waals surface area contributed by atoms with Crippen LogP contribution in [0.4, 0.5) is 0 Å². The Morgan fingerprint density at radius 3 is 2.65 bits per heavy atom. The molecule has 0 saturated heterocycles. The van der Waals surface area contributed by atoms with Gasteiger partial charge in [0.25, 0.3) is 0 Å². The summed E-state index contributed by atoms with van der Waals surface area (Å²) in [5.74, 6) is 0. The Labute approximate surface area is 109 Å². The number of hydrazine groups is 1. The van der Waals surface area contributed by atoms with Crippen LogP contribution >= 0.6 is 11.6 Å². The van der Waals surface area contributed by atoms with Gasteiger partial charge in [-0.15, -0.1) is 0 Å². The molecule has 0 aliphatic heterocycles. The first-order valence-electron chi connectivity index (χ1n) is 6.47. The van der Waals surface area contributed by atoms with Crippen LogP contribution in [0.25, 0.3) is 0 Å². The normalized spacial score (nSPS) is 17.6. The van der Waals surface area contributed by atoms with Crippen molar-refractivity contribution in [2.24, 2.45) is 0 Å². The number of rotatable bonds is 4. The summed E-state index contributed by atoms with van der Waals surface area (Å²) >= 11 is 6.13. The zero-order valence-electron chi connectivity index (χ0n) is 10.5. The highest BCUT2D eigenvalue weighted by Crippen LogP contribution is 2.21. The van der Waals surface area contributed by atoms with E-state index >= 15 is 0 Å². The highest BCUT2D eigenvalue weighted by molar-refractivity contribution is 6.31. The van der Waals surface area contributed by atoms with Crippen molar-refractivity contribution < 1.29 is 0 Å². The Bertz CT molecular complexity index is 348. The summed E-state index contributed by atoms with van der Waals surface area (Å²) in [4.78, 5) is 0. The fourth-order valence-electron chi connectivity index (χ4n) is 2.45. The second kappa shape index (κ2) is 6.39. The Hall–Kier alpha value is -0.570. The van der Waals surface area contributed by atoms with Gasteiger partial charge in [0, 0.05) is 24.7 Å². The third-order valence-corrected chi connectivity index (χ3v) is 3.97. The minimum Gasteiger partial charge on any atom is -0.251 e. The van der Waals surface area contributed by atoms with Crippen molar-refractivity contribution in [2.75, 3.05) is 7.05 Å². The van der Waals surface area contributed by atoms with Crippen LogP contribution < -0.4 is 5.43 Å². The average Bonchev–Trinajstić information content (AvgIpc) is 2.38. The van der Waals surface area contributed by atoms with E-state index in [2.05, 4.69) is 23.5 Å². The first-order valence-corrected chi connectivity index (χ1v) is 6.85. The monoisotopic (exact) mass is 252 g/mol. The molecule has 2 rings (SSSR count). The lowest BCUT2D eigenvalue weighted by molar-refractivity contribution is 0.126. The number of nitrogens with one attached hydrogen (secondary N) is 1. The van der Waals surface area contributed by atoms with Crippen LogP contribution in [0.1, 0.15) is 37.7 Å². The Kier molecular flexibility index (Phi) is 4.84. The van der Waals surface area contributed by atoms with Crippen LogP contribution in [0.15, 0.2) is 24.3 Å². The Morgan fingerprint density at radius 1 is 1.24 bits per heavy atom. The van der Waals surface area contributed by atoms with Crippen LogP contribution in [-0.4, -0.2) is 18.1 Å². The average molecular weight is 253 g/mol. The molecule has 0 spiro atoms. The predicted octanol–water partition coefficient (Wildman–Crippen LogP) is 3.61.